The molecule has 26 heavy (non-hydrogen) atoms. The fourth-order valence-electron chi connectivity index (χ4n) is 3.53. The molecule has 1 N–H and O–H groups in total. The van der Waals surface area contributed by atoms with Crippen LogP contribution in [0.4, 0.5) is 5.88 Å². The maximum atomic E-state index is 12.7. The monoisotopic (exact) mass is 346 g/mol. The minimum atomic E-state index is -0.679. The van der Waals surface area contributed by atoms with E-state index in [1.807, 2.05) is 30.3 Å². The Morgan fingerprint density at radius 1 is 1.08 bits per heavy atom. The van der Waals surface area contributed by atoms with Crippen molar-refractivity contribution in [3.05, 3.63) is 69.7 Å². The second-order valence-electron chi connectivity index (χ2n) is 6.39. The number of nitrogens with zero attached hydrogens (tertiary/aromatic N) is 1. The summed E-state index contributed by atoms with van der Waals surface area (Å²) in [4.78, 5) is 25.0. The molecule has 0 spiro atoms. The number of carbonyl (C=O) groups excluding carboxylic acids is 1. The van der Waals surface area contributed by atoms with Crippen LogP contribution in [0.3, 0.4) is 0 Å². The number of benzene rings is 2. The summed E-state index contributed by atoms with van der Waals surface area (Å²) in [6.45, 7) is 0. The molecule has 2 aromatic carbocycles. The van der Waals surface area contributed by atoms with Gasteiger partial charge >= 0.3 is 5.63 Å². The molecule has 0 saturated carbocycles. The van der Waals surface area contributed by atoms with Gasteiger partial charge < -0.3 is 8.94 Å². The van der Waals surface area contributed by atoms with Crippen LogP contribution in [0, 0.1) is 0 Å². The maximum absolute atomic E-state index is 12.7. The summed E-state index contributed by atoms with van der Waals surface area (Å²) in [6.07, 6.45) is 2.64. The van der Waals surface area contributed by atoms with Crippen LogP contribution in [0.25, 0.3) is 21.7 Å². The average molecular weight is 346 g/mol. The van der Waals surface area contributed by atoms with Crippen LogP contribution in [0.5, 0.6) is 0 Å². The number of fused-ring (bicyclic) bond motifs is 4. The molecule has 6 heteroatoms. The Morgan fingerprint density at radius 3 is 2.88 bits per heavy atom. The number of aryl methyl sites for hydroxylation is 1. The fraction of sp³-hybridized carbons (Fsp3) is 0.150. The van der Waals surface area contributed by atoms with Crippen LogP contribution in [0.2, 0.25) is 0 Å². The van der Waals surface area contributed by atoms with Gasteiger partial charge in [0.25, 0.3) is 5.91 Å². The van der Waals surface area contributed by atoms with E-state index in [0.29, 0.717) is 11.5 Å². The van der Waals surface area contributed by atoms with Crippen LogP contribution < -0.4 is 10.9 Å². The molecule has 1 aliphatic rings. The van der Waals surface area contributed by atoms with Crippen LogP contribution in [-0.4, -0.2) is 11.1 Å². The van der Waals surface area contributed by atoms with Crippen molar-refractivity contribution in [1.82, 2.24) is 5.16 Å². The number of amides is 1. The minimum absolute atomic E-state index is 0.0583. The van der Waals surface area contributed by atoms with E-state index in [1.54, 1.807) is 12.1 Å². The van der Waals surface area contributed by atoms with Gasteiger partial charge in [-0.15, -0.1) is 0 Å². The zero-order chi connectivity index (χ0) is 17.7. The number of hydrogen-bond acceptors (Lipinski definition) is 5. The number of hydrogen-bond donors (Lipinski definition) is 1. The van der Waals surface area contributed by atoms with Gasteiger partial charge in [0.1, 0.15) is 11.1 Å². The van der Waals surface area contributed by atoms with Gasteiger partial charge in [0, 0.05) is 10.9 Å². The van der Waals surface area contributed by atoms with E-state index in [4.69, 9.17) is 8.94 Å². The zero-order valence-electron chi connectivity index (χ0n) is 13.7. The molecular weight excluding hydrogens is 332 g/mol. The molecule has 128 valence electrons. The molecule has 1 aliphatic carbocycles. The zero-order valence-corrected chi connectivity index (χ0v) is 13.7. The molecule has 6 nitrogen and oxygen atoms in total. The van der Waals surface area contributed by atoms with Gasteiger partial charge in [-0.25, -0.2) is 4.79 Å². The SMILES string of the molecule is O=C(Nc1onc2c1CCC2)c1cc2c(ccc3ccccc32)oc1=O. The summed E-state index contributed by atoms with van der Waals surface area (Å²) in [5.74, 6) is -0.237. The first-order valence-corrected chi connectivity index (χ1v) is 8.45. The molecule has 5 rings (SSSR count). The summed E-state index contributed by atoms with van der Waals surface area (Å²) < 4.78 is 10.6. The molecule has 0 unspecified atom stereocenters. The normalized spacial score (nSPS) is 13.2. The lowest BCUT2D eigenvalue weighted by Gasteiger charge is -2.06. The minimum Gasteiger partial charge on any atom is -0.422 e. The van der Waals surface area contributed by atoms with Crippen molar-refractivity contribution in [2.45, 2.75) is 19.3 Å². The number of nitrogens with one attached hydrogen (secondary N) is 1. The summed E-state index contributed by atoms with van der Waals surface area (Å²) in [6, 6.07) is 13.0. The molecule has 1 amide bonds. The van der Waals surface area contributed by atoms with Gasteiger partial charge in [0.05, 0.1) is 5.69 Å². The van der Waals surface area contributed by atoms with Crippen LogP contribution in [0.1, 0.15) is 28.0 Å². The predicted octanol–water partition coefficient (Wildman–Crippen LogP) is 3.68. The van der Waals surface area contributed by atoms with Gasteiger partial charge in [-0.3, -0.25) is 10.1 Å². The van der Waals surface area contributed by atoms with Crippen molar-refractivity contribution in [3.8, 4) is 0 Å². The van der Waals surface area contributed by atoms with E-state index in [1.165, 1.54) is 0 Å². The third-order valence-electron chi connectivity index (χ3n) is 4.82. The van der Waals surface area contributed by atoms with Gasteiger partial charge in [-0.1, -0.05) is 35.5 Å². The molecule has 4 aromatic rings. The Hall–Kier alpha value is -3.41. The first-order valence-electron chi connectivity index (χ1n) is 8.45. The highest BCUT2D eigenvalue weighted by atomic mass is 16.5. The Bertz CT molecular complexity index is 1240. The lowest BCUT2D eigenvalue weighted by molar-refractivity contribution is 0.102. The summed E-state index contributed by atoms with van der Waals surface area (Å²) in [7, 11) is 0. The second-order valence-corrected chi connectivity index (χ2v) is 6.39. The number of anilines is 1. The van der Waals surface area contributed by atoms with E-state index in [-0.39, 0.29) is 5.56 Å². The standard InChI is InChI=1S/C20H14N2O4/c23-18(21-19-13-6-3-7-16(13)22-26-19)15-10-14-12-5-2-1-4-11(12)8-9-17(14)25-20(15)24/h1-2,4-5,8-10H,3,6-7H2,(H,21,23). The Labute approximate surface area is 147 Å². The molecule has 0 atom stereocenters. The summed E-state index contributed by atoms with van der Waals surface area (Å²) in [5.41, 5.74) is 1.50. The van der Waals surface area contributed by atoms with E-state index < -0.39 is 11.5 Å². The quantitative estimate of drug-likeness (QED) is 0.442. The van der Waals surface area contributed by atoms with Crippen molar-refractivity contribution in [2.75, 3.05) is 5.32 Å². The van der Waals surface area contributed by atoms with Crippen molar-refractivity contribution in [3.63, 3.8) is 0 Å². The van der Waals surface area contributed by atoms with Gasteiger partial charge in [0.2, 0.25) is 5.88 Å². The van der Waals surface area contributed by atoms with Crippen LogP contribution in [0.15, 0.2) is 56.2 Å². The van der Waals surface area contributed by atoms with Crippen molar-refractivity contribution >= 4 is 33.5 Å². The first-order chi connectivity index (χ1) is 12.7. The highest BCUT2D eigenvalue weighted by Crippen LogP contribution is 2.29. The summed E-state index contributed by atoms with van der Waals surface area (Å²) >= 11 is 0. The molecule has 0 radical (unpaired) electrons. The Morgan fingerprint density at radius 2 is 1.96 bits per heavy atom. The van der Waals surface area contributed by atoms with Gasteiger partial charge in [-0.2, -0.15) is 0 Å². The number of rotatable bonds is 2. The largest absolute Gasteiger partial charge is 0.422 e. The molecule has 0 fully saturated rings. The Balaban J connectivity index is 1.61. The fourth-order valence-corrected chi connectivity index (χ4v) is 3.53. The molecule has 0 saturated heterocycles. The lowest BCUT2D eigenvalue weighted by Crippen LogP contribution is -2.21. The number of carbonyl (C=O) groups is 1. The van der Waals surface area contributed by atoms with Crippen LogP contribution >= 0.6 is 0 Å². The first kappa shape index (κ1) is 14.9. The maximum Gasteiger partial charge on any atom is 0.349 e. The summed E-state index contributed by atoms with van der Waals surface area (Å²) in [5, 5.41) is 9.28. The molecule has 0 aliphatic heterocycles. The van der Waals surface area contributed by atoms with Crippen molar-refractivity contribution < 1.29 is 13.7 Å². The molecular formula is C20H14N2O4. The number of aromatic nitrogens is 1. The van der Waals surface area contributed by atoms with E-state index in [2.05, 4.69) is 10.5 Å². The van der Waals surface area contributed by atoms with Crippen molar-refractivity contribution in [2.24, 2.45) is 0 Å². The molecule has 2 aromatic heterocycles. The van der Waals surface area contributed by atoms with Gasteiger partial charge in [-0.05, 0) is 42.2 Å². The van der Waals surface area contributed by atoms with Crippen molar-refractivity contribution in [1.29, 1.82) is 0 Å². The molecule has 0 bridgehead atoms. The highest BCUT2D eigenvalue weighted by molar-refractivity contribution is 6.10. The van der Waals surface area contributed by atoms with Gasteiger partial charge in [0.15, 0.2) is 0 Å². The third kappa shape index (κ3) is 2.23. The van der Waals surface area contributed by atoms with E-state index >= 15 is 0 Å². The Kier molecular flexibility index (Phi) is 3.18. The third-order valence-corrected chi connectivity index (χ3v) is 4.82. The predicted molar refractivity (Wildman–Crippen MR) is 96.5 cm³/mol. The van der Waals surface area contributed by atoms with E-state index in [0.717, 1.165) is 46.7 Å². The topological polar surface area (TPSA) is 85.3 Å². The average Bonchev–Trinajstić information content (AvgIpc) is 3.26. The van der Waals surface area contributed by atoms with Crippen LogP contribution in [-0.2, 0) is 12.8 Å². The molecule has 2 heterocycles. The van der Waals surface area contributed by atoms with E-state index in [9.17, 15) is 9.59 Å². The smallest absolute Gasteiger partial charge is 0.349 e. The second kappa shape index (κ2) is 5.56. The highest BCUT2D eigenvalue weighted by Gasteiger charge is 2.24. The lowest BCUT2D eigenvalue weighted by atomic mass is 10.0.